The van der Waals surface area contributed by atoms with Gasteiger partial charge in [-0.05, 0) is 38.4 Å². The molecule has 5 heteroatoms. The highest BCUT2D eigenvalue weighted by Gasteiger charge is 2.23. The monoisotopic (exact) mass is 272 g/mol. The molecule has 3 rings (SSSR count). The molecular weight excluding hydrogens is 252 g/mol. The summed E-state index contributed by atoms with van der Waals surface area (Å²) < 4.78 is 1.92. The molecule has 3 heterocycles. The Morgan fingerprint density at radius 2 is 2.10 bits per heavy atom. The number of carbonyl (C=O) groups is 1. The lowest BCUT2D eigenvalue weighted by Crippen LogP contribution is -2.35. The lowest BCUT2D eigenvalue weighted by atomic mass is 10.2. The largest absolute Gasteiger partial charge is 0.336 e. The number of fused-ring (bicyclic) bond motifs is 1. The summed E-state index contributed by atoms with van der Waals surface area (Å²) in [6, 6.07) is 3.98. The van der Waals surface area contributed by atoms with Gasteiger partial charge in [0.2, 0.25) is 0 Å². The quantitative estimate of drug-likeness (QED) is 0.853. The van der Waals surface area contributed by atoms with Crippen LogP contribution in [0.3, 0.4) is 0 Å². The van der Waals surface area contributed by atoms with Gasteiger partial charge in [0.1, 0.15) is 11.3 Å². The number of pyridine rings is 1. The minimum Gasteiger partial charge on any atom is -0.336 e. The summed E-state index contributed by atoms with van der Waals surface area (Å²) in [6.07, 6.45) is 2.99. The molecule has 20 heavy (non-hydrogen) atoms. The molecule has 0 saturated carbocycles. The highest BCUT2D eigenvalue weighted by molar-refractivity contribution is 5.94. The van der Waals surface area contributed by atoms with Gasteiger partial charge in [-0.1, -0.05) is 6.07 Å². The van der Waals surface area contributed by atoms with Gasteiger partial charge >= 0.3 is 0 Å². The molecule has 1 aliphatic heterocycles. The van der Waals surface area contributed by atoms with E-state index in [1.54, 1.807) is 0 Å². The van der Waals surface area contributed by atoms with E-state index in [1.807, 2.05) is 41.5 Å². The molecule has 1 amide bonds. The molecule has 0 atom stereocenters. The van der Waals surface area contributed by atoms with E-state index in [0.717, 1.165) is 49.5 Å². The summed E-state index contributed by atoms with van der Waals surface area (Å²) >= 11 is 0. The second-order valence-corrected chi connectivity index (χ2v) is 5.38. The second kappa shape index (κ2) is 5.25. The smallest absolute Gasteiger partial charge is 0.272 e. The molecule has 0 bridgehead atoms. The van der Waals surface area contributed by atoms with Crippen molar-refractivity contribution in [1.29, 1.82) is 0 Å². The average Bonchev–Trinajstić information content (AvgIpc) is 2.63. The van der Waals surface area contributed by atoms with Crippen molar-refractivity contribution in [3.8, 4) is 0 Å². The predicted molar refractivity (Wildman–Crippen MR) is 78.1 cm³/mol. The van der Waals surface area contributed by atoms with E-state index in [4.69, 9.17) is 0 Å². The Labute approximate surface area is 118 Å². The number of nitrogens with one attached hydrogen (secondary N) is 1. The Balaban J connectivity index is 2.01. The van der Waals surface area contributed by atoms with Crippen LogP contribution >= 0.6 is 0 Å². The fourth-order valence-corrected chi connectivity index (χ4v) is 2.72. The highest BCUT2D eigenvalue weighted by Crippen LogP contribution is 2.16. The highest BCUT2D eigenvalue weighted by atomic mass is 16.2. The van der Waals surface area contributed by atoms with Crippen molar-refractivity contribution >= 4 is 11.6 Å². The van der Waals surface area contributed by atoms with Crippen LogP contribution in [0.2, 0.25) is 0 Å². The number of hydrogen-bond donors (Lipinski definition) is 1. The summed E-state index contributed by atoms with van der Waals surface area (Å²) in [4.78, 5) is 19.2. The maximum Gasteiger partial charge on any atom is 0.272 e. The zero-order chi connectivity index (χ0) is 14.1. The van der Waals surface area contributed by atoms with Gasteiger partial charge in [0.05, 0.1) is 5.69 Å². The minimum atomic E-state index is 0.0873. The summed E-state index contributed by atoms with van der Waals surface area (Å²) in [5.41, 5.74) is 3.47. The van der Waals surface area contributed by atoms with E-state index < -0.39 is 0 Å². The van der Waals surface area contributed by atoms with Gasteiger partial charge in [-0.2, -0.15) is 0 Å². The summed E-state index contributed by atoms with van der Waals surface area (Å²) in [7, 11) is 0. The fourth-order valence-electron chi connectivity index (χ4n) is 2.72. The number of aryl methyl sites for hydroxylation is 2. The van der Waals surface area contributed by atoms with E-state index in [1.165, 1.54) is 0 Å². The van der Waals surface area contributed by atoms with Gasteiger partial charge in [0.15, 0.2) is 0 Å². The standard InChI is InChI=1S/C15H20N4O/c1-11-4-5-13-17-12(2)14(19(13)10-11)15(20)18-8-3-6-16-7-9-18/h4-5,10,16H,3,6-9H2,1-2H3. The van der Waals surface area contributed by atoms with Crippen molar-refractivity contribution < 1.29 is 4.79 Å². The maximum absolute atomic E-state index is 12.8. The minimum absolute atomic E-state index is 0.0873. The van der Waals surface area contributed by atoms with Crippen LogP contribution in [0.25, 0.3) is 5.65 Å². The Morgan fingerprint density at radius 3 is 2.95 bits per heavy atom. The van der Waals surface area contributed by atoms with Crippen LogP contribution < -0.4 is 5.32 Å². The summed E-state index contributed by atoms with van der Waals surface area (Å²) in [6.45, 7) is 7.35. The summed E-state index contributed by atoms with van der Waals surface area (Å²) in [5, 5.41) is 3.32. The first kappa shape index (κ1) is 13.1. The molecule has 0 aliphatic carbocycles. The summed E-state index contributed by atoms with van der Waals surface area (Å²) in [5.74, 6) is 0.0873. The molecule has 0 aromatic carbocycles. The van der Waals surface area contributed by atoms with E-state index in [2.05, 4.69) is 10.3 Å². The third-order valence-electron chi connectivity index (χ3n) is 3.77. The molecule has 5 nitrogen and oxygen atoms in total. The molecular formula is C15H20N4O. The molecule has 0 spiro atoms. The molecule has 2 aromatic heterocycles. The van der Waals surface area contributed by atoms with Crippen molar-refractivity contribution in [2.45, 2.75) is 20.3 Å². The SMILES string of the molecule is Cc1ccc2nc(C)c(C(=O)N3CCCNCC3)n2c1. The fraction of sp³-hybridized carbons (Fsp3) is 0.467. The van der Waals surface area contributed by atoms with Crippen molar-refractivity contribution in [1.82, 2.24) is 19.6 Å². The van der Waals surface area contributed by atoms with Crippen LogP contribution in [-0.4, -0.2) is 46.4 Å². The molecule has 2 aromatic rings. The molecule has 0 radical (unpaired) electrons. The molecule has 0 unspecified atom stereocenters. The van der Waals surface area contributed by atoms with E-state index in [9.17, 15) is 4.79 Å². The third-order valence-corrected chi connectivity index (χ3v) is 3.77. The van der Waals surface area contributed by atoms with Crippen LogP contribution in [0.15, 0.2) is 18.3 Å². The number of nitrogens with zero attached hydrogens (tertiary/aromatic N) is 3. The van der Waals surface area contributed by atoms with Gasteiger partial charge < -0.3 is 10.2 Å². The third kappa shape index (κ3) is 2.29. The first-order valence-corrected chi connectivity index (χ1v) is 7.12. The molecule has 1 fully saturated rings. The Kier molecular flexibility index (Phi) is 3.44. The van der Waals surface area contributed by atoms with E-state index in [-0.39, 0.29) is 5.91 Å². The van der Waals surface area contributed by atoms with Crippen LogP contribution in [0, 0.1) is 13.8 Å². The number of imidazole rings is 1. The van der Waals surface area contributed by atoms with Crippen molar-refractivity contribution in [3.05, 3.63) is 35.3 Å². The first-order chi connectivity index (χ1) is 9.66. The number of rotatable bonds is 1. The maximum atomic E-state index is 12.8. The van der Waals surface area contributed by atoms with E-state index in [0.29, 0.717) is 5.69 Å². The molecule has 1 saturated heterocycles. The van der Waals surface area contributed by atoms with Gasteiger partial charge in [-0.3, -0.25) is 9.20 Å². The Hall–Kier alpha value is -1.88. The topological polar surface area (TPSA) is 49.6 Å². The molecule has 106 valence electrons. The molecule has 1 aliphatic rings. The van der Waals surface area contributed by atoms with Crippen LogP contribution in [0.1, 0.15) is 28.2 Å². The number of carbonyl (C=O) groups excluding carboxylic acids is 1. The number of amides is 1. The average molecular weight is 272 g/mol. The van der Waals surface area contributed by atoms with Gasteiger partial charge in [-0.15, -0.1) is 0 Å². The van der Waals surface area contributed by atoms with Crippen molar-refractivity contribution in [2.24, 2.45) is 0 Å². The zero-order valence-corrected chi connectivity index (χ0v) is 12.0. The van der Waals surface area contributed by atoms with Crippen LogP contribution in [-0.2, 0) is 0 Å². The van der Waals surface area contributed by atoms with Crippen LogP contribution in [0.5, 0.6) is 0 Å². The van der Waals surface area contributed by atoms with Gasteiger partial charge in [0.25, 0.3) is 5.91 Å². The van der Waals surface area contributed by atoms with Gasteiger partial charge in [-0.25, -0.2) is 4.98 Å². The number of aromatic nitrogens is 2. The van der Waals surface area contributed by atoms with Crippen molar-refractivity contribution in [2.75, 3.05) is 26.2 Å². The molecule has 1 N–H and O–H groups in total. The lowest BCUT2D eigenvalue weighted by molar-refractivity contribution is 0.0758. The van der Waals surface area contributed by atoms with Crippen molar-refractivity contribution in [3.63, 3.8) is 0 Å². The Bertz CT molecular complexity index is 639. The first-order valence-electron chi connectivity index (χ1n) is 7.12. The number of hydrogen-bond acceptors (Lipinski definition) is 3. The second-order valence-electron chi connectivity index (χ2n) is 5.38. The van der Waals surface area contributed by atoms with Gasteiger partial charge in [0, 0.05) is 25.8 Å². The van der Waals surface area contributed by atoms with Crippen LogP contribution in [0.4, 0.5) is 0 Å². The predicted octanol–water partition coefficient (Wildman–Crippen LogP) is 1.39. The lowest BCUT2D eigenvalue weighted by Gasteiger charge is -2.20. The zero-order valence-electron chi connectivity index (χ0n) is 12.0. The normalized spacial score (nSPS) is 16.4. The van der Waals surface area contributed by atoms with E-state index >= 15 is 0 Å². The Morgan fingerprint density at radius 1 is 1.25 bits per heavy atom.